The number of fused-ring (bicyclic) bond motifs is 1. The highest BCUT2D eigenvalue weighted by molar-refractivity contribution is 5.31. The van der Waals surface area contributed by atoms with Crippen molar-refractivity contribution in [2.75, 3.05) is 0 Å². The Morgan fingerprint density at radius 3 is 2.92 bits per heavy atom. The molecule has 0 bridgehead atoms. The molecule has 2 nitrogen and oxygen atoms in total. The van der Waals surface area contributed by atoms with Crippen molar-refractivity contribution in [3.05, 3.63) is 35.4 Å². The first-order chi connectivity index (χ1) is 6.29. The summed E-state index contributed by atoms with van der Waals surface area (Å²) in [4.78, 5) is 0. The highest BCUT2D eigenvalue weighted by Crippen LogP contribution is 2.26. The Labute approximate surface area is 78.4 Å². The number of rotatable bonds is 0. The molecule has 0 spiro atoms. The zero-order chi connectivity index (χ0) is 9.26. The van der Waals surface area contributed by atoms with Crippen LogP contribution in [0.5, 0.6) is 0 Å². The van der Waals surface area contributed by atoms with Gasteiger partial charge in [-0.05, 0) is 30.4 Å². The van der Waals surface area contributed by atoms with E-state index in [9.17, 15) is 5.11 Å². The van der Waals surface area contributed by atoms with E-state index in [1.807, 2.05) is 18.2 Å². The molecule has 3 N–H and O–H groups in total. The summed E-state index contributed by atoms with van der Waals surface area (Å²) in [5.74, 6) is 0. The van der Waals surface area contributed by atoms with E-state index < -0.39 is 0 Å². The minimum Gasteiger partial charge on any atom is -0.391 e. The number of nitrogens with two attached hydrogens (primary N) is 1. The second-order valence-corrected chi connectivity index (χ2v) is 3.68. The number of aryl methyl sites for hydroxylation is 1. The fourth-order valence-corrected chi connectivity index (χ4v) is 1.98. The Balaban J connectivity index is 2.40. The van der Waals surface area contributed by atoms with E-state index in [0.29, 0.717) is 0 Å². The predicted molar refractivity (Wildman–Crippen MR) is 52.3 cm³/mol. The van der Waals surface area contributed by atoms with Gasteiger partial charge in [0.1, 0.15) is 0 Å². The van der Waals surface area contributed by atoms with Crippen LogP contribution in [0.3, 0.4) is 0 Å². The molecule has 1 aliphatic carbocycles. The van der Waals surface area contributed by atoms with E-state index in [4.69, 9.17) is 5.73 Å². The molecular formula is C11H15NO. The first-order valence-corrected chi connectivity index (χ1v) is 4.80. The Kier molecular flexibility index (Phi) is 2.34. The molecule has 0 saturated carbocycles. The van der Waals surface area contributed by atoms with E-state index in [2.05, 4.69) is 6.07 Å². The Hall–Kier alpha value is -0.860. The maximum atomic E-state index is 9.68. The molecule has 1 aromatic carbocycles. The summed E-state index contributed by atoms with van der Waals surface area (Å²) in [5.41, 5.74) is 8.36. The fourth-order valence-electron chi connectivity index (χ4n) is 1.98. The molecule has 0 radical (unpaired) electrons. The highest BCUT2D eigenvalue weighted by atomic mass is 16.3. The standard InChI is InChI=1S/C11H15NO/c12-11-9-6-2-1-4-8(9)5-3-7-10(11)13/h1-2,4,6,10-11,13H,3,5,7,12H2/t10-,11+/m0/s1. The molecule has 0 saturated heterocycles. The maximum Gasteiger partial charge on any atom is 0.0733 e. The number of hydrogen-bond donors (Lipinski definition) is 2. The van der Waals surface area contributed by atoms with Crippen molar-refractivity contribution in [3.63, 3.8) is 0 Å². The van der Waals surface area contributed by atoms with Gasteiger partial charge in [-0.25, -0.2) is 0 Å². The van der Waals surface area contributed by atoms with Gasteiger partial charge in [-0.1, -0.05) is 24.3 Å². The molecular weight excluding hydrogens is 162 g/mol. The SMILES string of the molecule is N[C@@H]1c2ccccc2CCC[C@@H]1O. The van der Waals surface area contributed by atoms with E-state index in [1.54, 1.807) is 0 Å². The number of aliphatic hydroxyl groups is 1. The lowest BCUT2D eigenvalue weighted by molar-refractivity contribution is 0.136. The molecule has 1 aromatic rings. The largest absolute Gasteiger partial charge is 0.391 e. The van der Waals surface area contributed by atoms with Crippen molar-refractivity contribution < 1.29 is 5.11 Å². The number of aliphatic hydroxyl groups excluding tert-OH is 1. The monoisotopic (exact) mass is 177 g/mol. The molecule has 13 heavy (non-hydrogen) atoms. The van der Waals surface area contributed by atoms with Crippen molar-refractivity contribution in [3.8, 4) is 0 Å². The van der Waals surface area contributed by atoms with Gasteiger partial charge in [-0.3, -0.25) is 0 Å². The molecule has 0 aliphatic heterocycles. The van der Waals surface area contributed by atoms with E-state index >= 15 is 0 Å². The maximum absolute atomic E-state index is 9.68. The van der Waals surface area contributed by atoms with Crippen LogP contribution < -0.4 is 5.73 Å². The van der Waals surface area contributed by atoms with Crippen molar-refractivity contribution in [1.82, 2.24) is 0 Å². The van der Waals surface area contributed by atoms with Gasteiger partial charge in [0.2, 0.25) is 0 Å². The van der Waals surface area contributed by atoms with Crippen LogP contribution in [0.2, 0.25) is 0 Å². The highest BCUT2D eigenvalue weighted by Gasteiger charge is 2.21. The number of benzene rings is 1. The second kappa shape index (κ2) is 3.48. The van der Waals surface area contributed by atoms with Gasteiger partial charge < -0.3 is 10.8 Å². The molecule has 0 aromatic heterocycles. The summed E-state index contributed by atoms with van der Waals surface area (Å²) in [6, 6.07) is 7.94. The summed E-state index contributed by atoms with van der Waals surface area (Å²) in [6.45, 7) is 0. The van der Waals surface area contributed by atoms with Crippen molar-refractivity contribution in [1.29, 1.82) is 0 Å². The molecule has 2 atom stereocenters. The van der Waals surface area contributed by atoms with Crippen molar-refractivity contribution in [2.45, 2.75) is 31.4 Å². The average molecular weight is 177 g/mol. The van der Waals surface area contributed by atoms with Gasteiger partial charge in [-0.15, -0.1) is 0 Å². The number of hydrogen-bond acceptors (Lipinski definition) is 2. The molecule has 0 unspecified atom stereocenters. The first-order valence-electron chi connectivity index (χ1n) is 4.80. The molecule has 0 amide bonds. The summed E-state index contributed by atoms with van der Waals surface area (Å²) in [5, 5.41) is 9.68. The summed E-state index contributed by atoms with van der Waals surface area (Å²) in [7, 11) is 0. The summed E-state index contributed by atoms with van der Waals surface area (Å²) < 4.78 is 0. The third kappa shape index (κ3) is 1.60. The minimum atomic E-state index is -0.372. The molecule has 2 heteroatoms. The quantitative estimate of drug-likeness (QED) is 0.588. The van der Waals surface area contributed by atoms with Gasteiger partial charge in [0.25, 0.3) is 0 Å². The van der Waals surface area contributed by atoms with Gasteiger partial charge in [0, 0.05) is 0 Å². The minimum absolute atomic E-state index is 0.196. The molecule has 1 aliphatic rings. The van der Waals surface area contributed by atoms with Crippen LogP contribution in [0.1, 0.15) is 30.0 Å². The second-order valence-electron chi connectivity index (χ2n) is 3.68. The van der Waals surface area contributed by atoms with E-state index in [0.717, 1.165) is 24.8 Å². The lowest BCUT2D eigenvalue weighted by atomic mass is 9.99. The van der Waals surface area contributed by atoms with E-state index in [-0.39, 0.29) is 12.1 Å². The van der Waals surface area contributed by atoms with Gasteiger partial charge >= 0.3 is 0 Å². The lowest BCUT2D eigenvalue weighted by Gasteiger charge is -2.17. The predicted octanol–water partition coefficient (Wildman–Crippen LogP) is 1.38. The zero-order valence-electron chi connectivity index (χ0n) is 7.61. The van der Waals surface area contributed by atoms with Gasteiger partial charge in [0.05, 0.1) is 12.1 Å². The first kappa shape index (κ1) is 8.73. The van der Waals surface area contributed by atoms with Crippen LogP contribution >= 0.6 is 0 Å². The summed E-state index contributed by atoms with van der Waals surface area (Å²) >= 11 is 0. The Morgan fingerprint density at radius 2 is 2.08 bits per heavy atom. The Bertz CT molecular complexity index is 298. The van der Waals surface area contributed by atoms with Crippen molar-refractivity contribution in [2.24, 2.45) is 5.73 Å². The van der Waals surface area contributed by atoms with Crippen LogP contribution in [0.25, 0.3) is 0 Å². The molecule has 0 fully saturated rings. The summed E-state index contributed by atoms with van der Waals surface area (Å²) in [6.07, 6.45) is 2.52. The average Bonchev–Trinajstić information content (AvgIpc) is 2.29. The van der Waals surface area contributed by atoms with Gasteiger partial charge in [-0.2, -0.15) is 0 Å². The Morgan fingerprint density at radius 1 is 1.31 bits per heavy atom. The van der Waals surface area contributed by atoms with Crippen LogP contribution in [0.4, 0.5) is 0 Å². The smallest absolute Gasteiger partial charge is 0.0733 e. The molecule has 0 heterocycles. The zero-order valence-corrected chi connectivity index (χ0v) is 7.61. The third-order valence-electron chi connectivity index (χ3n) is 2.77. The van der Waals surface area contributed by atoms with E-state index in [1.165, 1.54) is 5.56 Å². The van der Waals surface area contributed by atoms with Crippen molar-refractivity contribution >= 4 is 0 Å². The van der Waals surface area contributed by atoms with Crippen LogP contribution in [-0.4, -0.2) is 11.2 Å². The van der Waals surface area contributed by atoms with Crippen LogP contribution in [-0.2, 0) is 6.42 Å². The lowest BCUT2D eigenvalue weighted by Crippen LogP contribution is -2.25. The van der Waals surface area contributed by atoms with Gasteiger partial charge in [0.15, 0.2) is 0 Å². The topological polar surface area (TPSA) is 46.2 Å². The third-order valence-corrected chi connectivity index (χ3v) is 2.77. The molecule has 70 valence electrons. The van der Waals surface area contributed by atoms with Crippen LogP contribution in [0.15, 0.2) is 24.3 Å². The van der Waals surface area contributed by atoms with Crippen LogP contribution in [0, 0.1) is 0 Å². The fraction of sp³-hybridized carbons (Fsp3) is 0.455. The molecule has 2 rings (SSSR count). The normalized spacial score (nSPS) is 27.8.